The van der Waals surface area contributed by atoms with Crippen LogP contribution in [-0.2, 0) is 16.2 Å². The maximum absolute atomic E-state index is 13.3. The van der Waals surface area contributed by atoms with Crippen LogP contribution in [0.4, 0.5) is 10.5 Å². The van der Waals surface area contributed by atoms with Gasteiger partial charge in [0.1, 0.15) is 17.9 Å². The number of barbiturate groups is 1. The van der Waals surface area contributed by atoms with Crippen molar-refractivity contribution in [3.05, 3.63) is 99.1 Å². The van der Waals surface area contributed by atoms with Gasteiger partial charge in [0.2, 0.25) is 0 Å². The number of nitrogens with one attached hydrogen (secondary N) is 1. The molecular formula is C30H23IN2O6. The van der Waals surface area contributed by atoms with Gasteiger partial charge in [0, 0.05) is 0 Å². The smallest absolute Gasteiger partial charge is 0.335 e. The Kier molecular flexibility index (Phi) is 7.51. The highest BCUT2D eigenvalue weighted by molar-refractivity contribution is 14.1. The number of hydrogen-bond acceptors (Lipinski definition) is 6. The van der Waals surface area contributed by atoms with E-state index in [1.54, 1.807) is 36.4 Å². The molecule has 1 fully saturated rings. The van der Waals surface area contributed by atoms with Gasteiger partial charge in [-0.15, -0.1) is 0 Å². The van der Waals surface area contributed by atoms with Crippen molar-refractivity contribution in [2.45, 2.75) is 6.61 Å². The maximum atomic E-state index is 13.3. The summed E-state index contributed by atoms with van der Waals surface area (Å²) in [6, 6.07) is 23.2. The highest BCUT2D eigenvalue weighted by Crippen LogP contribution is 2.36. The van der Waals surface area contributed by atoms with Crippen molar-refractivity contribution < 1.29 is 28.6 Å². The molecule has 9 heteroatoms. The van der Waals surface area contributed by atoms with Crippen molar-refractivity contribution in [2.24, 2.45) is 0 Å². The number of imide groups is 2. The van der Waals surface area contributed by atoms with E-state index in [-0.39, 0.29) is 5.57 Å². The van der Waals surface area contributed by atoms with Crippen LogP contribution in [0.5, 0.6) is 17.2 Å². The lowest BCUT2D eigenvalue weighted by molar-refractivity contribution is -0.122. The molecule has 8 nitrogen and oxygen atoms in total. The minimum absolute atomic E-state index is 0.187. The number of urea groups is 1. The summed E-state index contributed by atoms with van der Waals surface area (Å²) in [7, 11) is 3.04. The number of hydrogen-bond donors (Lipinski definition) is 1. The summed E-state index contributed by atoms with van der Waals surface area (Å²) in [6.07, 6.45) is 1.43. The van der Waals surface area contributed by atoms with E-state index in [1.165, 1.54) is 20.3 Å². The maximum Gasteiger partial charge on any atom is 0.335 e. The van der Waals surface area contributed by atoms with Gasteiger partial charge in [0.15, 0.2) is 11.5 Å². The Hall–Kier alpha value is -4.38. The number of carbonyl (C=O) groups excluding carboxylic acids is 3. The summed E-state index contributed by atoms with van der Waals surface area (Å²) < 4.78 is 17.6. The fourth-order valence-corrected chi connectivity index (χ4v) is 5.10. The molecule has 1 aliphatic heterocycles. The number of rotatable bonds is 7. The molecule has 1 aliphatic rings. The number of halogens is 1. The van der Waals surface area contributed by atoms with Gasteiger partial charge < -0.3 is 14.2 Å². The average molecular weight is 634 g/mol. The molecule has 4 aromatic carbocycles. The van der Waals surface area contributed by atoms with Crippen LogP contribution in [0.25, 0.3) is 16.8 Å². The number of carbonyl (C=O) groups is 3. The highest BCUT2D eigenvalue weighted by atomic mass is 127. The number of nitrogens with zero attached hydrogens (tertiary/aromatic N) is 1. The van der Waals surface area contributed by atoms with Crippen LogP contribution in [0, 0.1) is 3.57 Å². The number of methoxy groups -OCH3 is 2. The summed E-state index contributed by atoms with van der Waals surface area (Å²) in [5.41, 5.74) is 1.69. The third kappa shape index (κ3) is 5.30. The first-order valence-electron chi connectivity index (χ1n) is 11.9. The Labute approximate surface area is 238 Å². The third-order valence-electron chi connectivity index (χ3n) is 6.25. The van der Waals surface area contributed by atoms with Crippen LogP contribution in [0.3, 0.4) is 0 Å². The molecule has 4 aromatic rings. The summed E-state index contributed by atoms with van der Waals surface area (Å²) in [5.74, 6) is 0.0439. The van der Waals surface area contributed by atoms with Crippen LogP contribution in [0.15, 0.2) is 84.4 Å². The van der Waals surface area contributed by atoms with Crippen molar-refractivity contribution >= 4 is 63.0 Å². The summed E-state index contributed by atoms with van der Waals surface area (Å²) in [4.78, 5) is 39.3. The average Bonchev–Trinajstić information content (AvgIpc) is 2.94. The normalized spacial score (nSPS) is 14.5. The Morgan fingerprint density at radius 1 is 0.897 bits per heavy atom. The number of ether oxygens (including phenoxy) is 3. The molecule has 39 heavy (non-hydrogen) atoms. The second-order valence-electron chi connectivity index (χ2n) is 8.62. The van der Waals surface area contributed by atoms with Gasteiger partial charge in [-0.05, 0) is 87.0 Å². The van der Waals surface area contributed by atoms with E-state index in [9.17, 15) is 14.4 Å². The topological polar surface area (TPSA) is 94.2 Å². The molecule has 1 saturated heterocycles. The zero-order valence-electron chi connectivity index (χ0n) is 21.1. The van der Waals surface area contributed by atoms with Crippen LogP contribution in [0.2, 0.25) is 0 Å². The van der Waals surface area contributed by atoms with Crippen LogP contribution < -0.4 is 24.4 Å². The largest absolute Gasteiger partial charge is 0.497 e. The predicted octanol–water partition coefficient (Wildman–Crippen LogP) is 5.71. The van der Waals surface area contributed by atoms with Gasteiger partial charge in [-0.25, -0.2) is 9.69 Å². The quantitative estimate of drug-likeness (QED) is 0.159. The van der Waals surface area contributed by atoms with Crippen molar-refractivity contribution in [1.29, 1.82) is 0 Å². The minimum atomic E-state index is -0.823. The van der Waals surface area contributed by atoms with Gasteiger partial charge in [0.25, 0.3) is 11.8 Å². The van der Waals surface area contributed by atoms with E-state index < -0.39 is 17.8 Å². The van der Waals surface area contributed by atoms with Gasteiger partial charge in [-0.3, -0.25) is 14.9 Å². The molecule has 0 aliphatic carbocycles. The third-order valence-corrected chi connectivity index (χ3v) is 7.05. The molecule has 0 atom stereocenters. The van der Waals surface area contributed by atoms with Gasteiger partial charge in [-0.1, -0.05) is 42.5 Å². The molecular weight excluding hydrogens is 611 g/mol. The standard InChI is InChI=1S/C30H23IN2O6/c1-37-22-12-10-21(11-13-22)33-29(35)24(28(34)32-30(33)36)14-18-15-25(31)27(26(16-18)38-2)39-17-20-8-5-7-19-6-3-4-9-23(19)20/h3-16H,17H2,1-2H3,(H,32,34,36)/b24-14+. The lowest BCUT2D eigenvalue weighted by Gasteiger charge is -2.26. The molecule has 0 spiro atoms. The van der Waals surface area contributed by atoms with Crippen molar-refractivity contribution in [3.8, 4) is 17.2 Å². The summed E-state index contributed by atoms with van der Waals surface area (Å²) in [6.45, 7) is 0.327. The molecule has 0 saturated carbocycles. The summed E-state index contributed by atoms with van der Waals surface area (Å²) in [5, 5.41) is 4.46. The van der Waals surface area contributed by atoms with Gasteiger partial charge in [-0.2, -0.15) is 0 Å². The van der Waals surface area contributed by atoms with Crippen molar-refractivity contribution in [2.75, 3.05) is 19.1 Å². The first-order chi connectivity index (χ1) is 18.9. The van der Waals surface area contributed by atoms with E-state index in [0.717, 1.165) is 24.8 Å². The number of anilines is 1. The molecule has 1 N–H and O–H groups in total. The van der Waals surface area contributed by atoms with Crippen molar-refractivity contribution in [1.82, 2.24) is 5.32 Å². The molecule has 0 unspecified atom stereocenters. The molecule has 0 bridgehead atoms. The monoisotopic (exact) mass is 634 g/mol. The predicted molar refractivity (Wildman–Crippen MR) is 156 cm³/mol. The molecule has 5 rings (SSSR count). The zero-order valence-corrected chi connectivity index (χ0v) is 23.2. The number of fused-ring (bicyclic) bond motifs is 1. The van der Waals surface area contributed by atoms with Crippen molar-refractivity contribution in [3.63, 3.8) is 0 Å². The van der Waals surface area contributed by atoms with E-state index in [1.807, 2.05) is 24.3 Å². The zero-order chi connectivity index (χ0) is 27.5. The minimum Gasteiger partial charge on any atom is -0.497 e. The van der Waals surface area contributed by atoms with E-state index in [0.29, 0.717) is 35.1 Å². The first-order valence-corrected chi connectivity index (χ1v) is 13.0. The Balaban J connectivity index is 1.43. The van der Waals surface area contributed by atoms with Crippen LogP contribution in [0.1, 0.15) is 11.1 Å². The Morgan fingerprint density at radius 3 is 2.38 bits per heavy atom. The van der Waals surface area contributed by atoms with E-state index >= 15 is 0 Å². The van der Waals surface area contributed by atoms with Gasteiger partial charge in [0.05, 0.1) is 23.5 Å². The SMILES string of the molecule is COc1ccc(N2C(=O)NC(=O)/C(=C\c3cc(I)c(OCc4cccc5ccccc45)c(OC)c3)C2=O)cc1. The second kappa shape index (κ2) is 11.2. The fraction of sp³-hybridized carbons (Fsp3) is 0.100. The van der Waals surface area contributed by atoms with E-state index in [2.05, 4.69) is 46.1 Å². The lowest BCUT2D eigenvalue weighted by Crippen LogP contribution is -2.54. The van der Waals surface area contributed by atoms with Crippen LogP contribution >= 0.6 is 22.6 Å². The molecule has 196 valence electrons. The lowest BCUT2D eigenvalue weighted by atomic mass is 10.1. The Bertz CT molecular complexity index is 1630. The van der Waals surface area contributed by atoms with E-state index in [4.69, 9.17) is 14.2 Å². The molecule has 0 radical (unpaired) electrons. The number of benzene rings is 4. The highest BCUT2D eigenvalue weighted by Gasteiger charge is 2.37. The fourth-order valence-electron chi connectivity index (χ4n) is 4.32. The second-order valence-corrected chi connectivity index (χ2v) is 9.78. The molecule has 0 aromatic heterocycles. The van der Waals surface area contributed by atoms with Gasteiger partial charge >= 0.3 is 6.03 Å². The molecule has 1 heterocycles. The Morgan fingerprint density at radius 2 is 1.64 bits per heavy atom. The first kappa shape index (κ1) is 26.2. The summed E-state index contributed by atoms with van der Waals surface area (Å²) >= 11 is 2.13. The molecule has 4 amide bonds. The number of amides is 4. The van der Waals surface area contributed by atoms with Crippen LogP contribution in [-0.4, -0.2) is 32.1 Å².